The molecule has 1 heterocycles. The molecule has 1 aliphatic rings. The maximum atomic E-state index is 13.5. The van der Waals surface area contributed by atoms with Crippen molar-refractivity contribution in [3.63, 3.8) is 0 Å². The second kappa shape index (κ2) is 4.06. The van der Waals surface area contributed by atoms with Gasteiger partial charge in [-0.1, -0.05) is 23.7 Å². The van der Waals surface area contributed by atoms with Crippen molar-refractivity contribution >= 4 is 17.7 Å². The van der Waals surface area contributed by atoms with Gasteiger partial charge >= 0.3 is 6.09 Å². The number of benzene rings is 1. The number of ether oxygens (including phenoxy) is 1. The third-order valence-electron chi connectivity index (χ3n) is 2.24. The van der Waals surface area contributed by atoms with E-state index in [2.05, 4.69) is 0 Å². The van der Waals surface area contributed by atoms with E-state index in [0.29, 0.717) is 18.7 Å². The number of hydrogen-bond acceptors (Lipinski definition) is 2. The fourth-order valence-electron chi connectivity index (χ4n) is 1.45. The molecule has 5 heteroatoms. The molecule has 1 fully saturated rings. The summed E-state index contributed by atoms with van der Waals surface area (Å²) in [5.41, 5.74) is 0.404. The van der Waals surface area contributed by atoms with Gasteiger partial charge in [-0.15, -0.1) is 0 Å². The lowest BCUT2D eigenvalue weighted by Crippen LogP contribution is -2.24. The molecule has 0 aliphatic carbocycles. The topological polar surface area (TPSA) is 29.5 Å². The van der Waals surface area contributed by atoms with Gasteiger partial charge in [0, 0.05) is 5.56 Å². The largest absolute Gasteiger partial charge is 0.448 e. The third-order valence-corrected chi connectivity index (χ3v) is 2.53. The Morgan fingerprint density at radius 1 is 1.53 bits per heavy atom. The first-order valence-electron chi connectivity index (χ1n) is 4.53. The monoisotopic (exact) mass is 229 g/mol. The fraction of sp³-hybridized carbons (Fsp3) is 0.300. The van der Waals surface area contributed by atoms with E-state index in [9.17, 15) is 9.18 Å². The molecule has 3 nitrogen and oxygen atoms in total. The van der Waals surface area contributed by atoms with Crippen molar-refractivity contribution < 1.29 is 13.9 Å². The zero-order valence-corrected chi connectivity index (χ0v) is 8.63. The lowest BCUT2D eigenvalue weighted by molar-refractivity contribution is 0.157. The molecule has 80 valence electrons. The Balaban J connectivity index is 2.17. The van der Waals surface area contributed by atoms with Crippen LogP contribution in [0.4, 0.5) is 9.18 Å². The van der Waals surface area contributed by atoms with Gasteiger partial charge in [0.05, 0.1) is 18.1 Å². The van der Waals surface area contributed by atoms with Crippen LogP contribution in [0.5, 0.6) is 0 Å². The molecular formula is C10H9ClFNO2. The van der Waals surface area contributed by atoms with E-state index in [1.807, 2.05) is 0 Å². The van der Waals surface area contributed by atoms with Crippen LogP contribution in [0.25, 0.3) is 0 Å². The summed E-state index contributed by atoms with van der Waals surface area (Å²) >= 11 is 5.63. The van der Waals surface area contributed by atoms with Gasteiger partial charge in [-0.05, 0) is 6.07 Å². The maximum absolute atomic E-state index is 13.5. The van der Waals surface area contributed by atoms with Crippen LogP contribution < -0.4 is 0 Å². The average molecular weight is 230 g/mol. The Hall–Kier alpha value is -1.29. The molecule has 0 saturated carbocycles. The van der Waals surface area contributed by atoms with E-state index in [4.69, 9.17) is 16.3 Å². The molecule has 1 saturated heterocycles. The molecule has 1 aliphatic heterocycles. The number of hydrogen-bond donors (Lipinski definition) is 0. The Morgan fingerprint density at radius 2 is 2.33 bits per heavy atom. The molecule has 1 aromatic rings. The zero-order valence-electron chi connectivity index (χ0n) is 7.87. The van der Waals surface area contributed by atoms with Crippen molar-refractivity contribution in [2.45, 2.75) is 6.54 Å². The summed E-state index contributed by atoms with van der Waals surface area (Å²) in [4.78, 5) is 12.6. The molecule has 0 aromatic heterocycles. The van der Waals surface area contributed by atoms with E-state index in [-0.39, 0.29) is 11.6 Å². The van der Waals surface area contributed by atoms with Gasteiger partial charge in [0.25, 0.3) is 0 Å². The summed E-state index contributed by atoms with van der Waals surface area (Å²) in [7, 11) is 0. The molecule has 0 unspecified atom stereocenters. The second-order valence-corrected chi connectivity index (χ2v) is 3.66. The Bertz CT molecular complexity index is 397. The van der Waals surface area contributed by atoms with Crippen molar-refractivity contribution in [1.29, 1.82) is 0 Å². The summed E-state index contributed by atoms with van der Waals surface area (Å²) in [6, 6.07) is 4.73. The number of carbonyl (C=O) groups is 1. The van der Waals surface area contributed by atoms with Gasteiger partial charge in [0.15, 0.2) is 0 Å². The third kappa shape index (κ3) is 2.04. The number of halogens is 2. The highest BCUT2D eigenvalue weighted by atomic mass is 35.5. The first-order chi connectivity index (χ1) is 7.18. The van der Waals surface area contributed by atoms with Crippen molar-refractivity contribution in [3.05, 3.63) is 34.6 Å². The summed E-state index contributed by atoms with van der Waals surface area (Å²) in [6.45, 7) is 1.05. The highest BCUT2D eigenvalue weighted by Crippen LogP contribution is 2.20. The van der Waals surface area contributed by atoms with Crippen LogP contribution in [0.1, 0.15) is 5.56 Å². The molecule has 0 bridgehead atoms. The minimum atomic E-state index is -0.473. The first-order valence-corrected chi connectivity index (χ1v) is 4.91. The second-order valence-electron chi connectivity index (χ2n) is 3.25. The van der Waals surface area contributed by atoms with Gasteiger partial charge in [0.1, 0.15) is 12.4 Å². The molecule has 0 spiro atoms. The molecule has 15 heavy (non-hydrogen) atoms. The van der Waals surface area contributed by atoms with Crippen molar-refractivity contribution in [2.24, 2.45) is 0 Å². The zero-order chi connectivity index (χ0) is 10.8. The molecule has 1 amide bonds. The van der Waals surface area contributed by atoms with E-state index < -0.39 is 11.9 Å². The molecule has 0 N–H and O–H groups in total. The van der Waals surface area contributed by atoms with Gasteiger partial charge in [0.2, 0.25) is 0 Å². The number of rotatable bonds is 2. The van der Waals surface area contributed by atoms with E-state index in [1.165, 1.54) is 11.0 Å². The van der Waals surface area contributed by atoms with Gasteiger partial charge in [-0.25, -0.2) is 9.18 Å². The fourth-order valence-corrected chi connectivity index (χ4v) is 1.64. The van der Waals surface area contributed by atoms with Crippen LogP contribution >= 0.6 is 11.6 Å². The van der Waals surface area contributed by atoms with Crippen LogP contribution in [0, 0.1) is 5.82 Å². The lowest BCUT2D eigenvalue weighted by Gasteiger charge is -2.13. The highest BCUT2D eigenvalue weighted by Gasteiger charge is 2.23. The molecule has 0 atom stereocenters. The highest BCUT2D eigenvalue weighted by molar-refractivity contribution is 6.30. The molecular weight excluding hydrogens is 221 g/mol. The van der Waals surface area contributed by atoms with Crippen molar-refractivity contribution in [1.82, 2.24) is 4.90 Å². The van der Waals surface area contributed by atoms with Crippen LogP contribution in [-0.2, 0) is 11.3 Å². The molecule has 2 rings (SSSR count). The number of nitrogens with zero attached hydrogens (tertiary/aromatic N) is 1. The maximum Gasteiger partial charge on any atom is 0.410 e. The van der Waals surface area contributed by atoms with Crippen LogP contribution in [0.3, 0.4) is 0 Å². The predicted octanol–water partition coefficient (Wildman–Crippen LogP) is 2.43. The predicted molar refractivity (Wildman–Crippen MR) is 53.2 cm³/mol. The van der Waals surface area contributed by atoms with Crippen LogP contribution in [0.2, 0.25) is 5.02 Å². The Kier molecular flexibility index (Phi) is 2.77. The smallest absolute Gasteiger partial charge is 0.410 e. The first kappa shape index (κ1) is 10.2. The van der Waals surface area contributed by atoms with E-state index >= 15 is 0 Å². The number of amides is 1. The summed E-state index contributed by atoms with van der Waals surface area (Å²) in [5.74, 6) is -0.473. The van der Waals surface area contributed by atoms with Crippen molar-refractivity contribution in [2.75, 3.05) is 13.2 Å². The van der Waals surface area contributed by atoms with Crippen LogP contribution in [-0.4, -0.2) is 24.1 Å². The molecule has 1 aromatic carbocycles. The van der Waals surface area contributed by atoms with E-state index in [0.717, 1.165) is 0 Å². The minimum Gasteiger partial charge on any atom is -0.448 e. The summed E-state index contributed by atoms with van der Waals surface area (Å²) in [5, 5.41) is 0.0695. The van der Waals surface area contributed by atoms with Crippen LogP contribution in [0.15, 0.2) is 18.2 Å². The summed E-state index contributed by atoms with van der Waals surface area (Å²) in [6.07, 6.45) is -0.408. The minimum absolute atomic E-state index is 0.0695. The van der Waals surface area contributed by atoms with Crippen molar-refractivity contribution in [3.8, 4) is 0 Å². The Labute approximate surface area is 91.4 Å². The van der Waals surface area contributed by atoms with Gasteiger partial charge in [-0.3, -0.25) is 0 Å². The average Bonchev–Trinajstić information content (AvgIpc) is 2.60. The molecule has 0 radical (unpaired) electrons. The Morgan fingerprint density at radius 3 is 3.00 bits per heavy atom. The van der Waals surface area contributed by atoms with E-state index in [1.54, 1.807) is 12.1 Å². The summed E-state index contributed by atoms with van der Waals surface area (Å²) < 4.78 is 18.2. The number of cyclic esters (lactones) is 1. The normalized spacial score (nSPS) is 15.6. The van der Waals surface area contributed by atoms with Gasteiger partial charge < -0.3 is 9.64 Å². The number of carbonyl (C=O) groups excluding carboxylic acids is 1. The quantitative estimate of drug-likeness (QED) is 0.780. The SMILES string of the molecule is O=C1OCCN1Cc1cccc(Cl)c1F. The van der Waals surface area contributed by atoms with Gasteiger partial charge in [-0.2, -0.15) is 0 Å². The lowest BCUT2D eigenvalue weighted by atomic mass is 10.2. The standard InChI is InChI=1S/C10H9ClFNO2/c11-8-3-1-2-7(9(8)12)6-13-4-5-15-10(13)14/h1-3H,4-6H2.